The Morgan fingerprint density at radius 1 is 1.16 bits per heavy atom. The monoisotopic (exact) mass is 423 g/mol. The number of nitrogens with zero attached hydrogens (tertiary/aromatic N) is 4. The SMILES string of the molecule is COc1ccnc(C(=O)N[C@@H](C)c2nc(-c3cc(C)cc(C)c3)n(C)n2)c1OC(C)=O. The van der Waals surface area contributed by atoms with Gasteiger partial charge in [-0.1, -0.05) is 17.2 Å². The van der Waals surface area contributed by atoms with E-state index in [2.05, 4.69) is 26.4 Å². The van der Waals surface area contributed by atoms with Crippen LogP contribution in [0, 0.1) is 13.8 Å². The molecule has 0 aliphatic rings. The van der Waals surface area contributed by atoms with Gasteiger partial charge in [0, 0.05) is 31.8 Å². The first-order chi connectivity index (χ1) is 14.7. The molecule has 1 N–H and O–H groups in total. The normalized spacial score (nSPS) is 11.7. The minimum Gasteiger partial charge on any atom is -0.493 e. The number of hydrogen-bond acceptors (Lipinski definition) is 7. The molecule has 9 nitrogen and oxygen atoms in total. The summed E-state index contributed by atoms with van der Waals surface area (Å²) in [5.74, 6) is 0.217. The van der Waals surface area contributed by atoms with E-state index < -0.39 is 17.9 Å². The first kappa shape index (κ1) is 21.9. The largest absolute Gasteiger partial charge is 0.493 e. The summed E-state index contributed by atoms with van der Waals surface area (Å²) in [4.78, 5) is 33.0. The number of benzene rings is 1. The number of pyridine rings is 1. The number of rotatable bonds is 6. The van der Waals surface area contributed by atoms with Crippen molar-refractivity contribution < 1.29 is 19.1 Å². The zero-order valence-corrected chi connectivity index (χ0v) is 18.4. The van der Waals surface area contributed by atoms with Gasteiger partial charge in [0.1, 0.15) is 0 Å². The van der Waals surface area contributed by atoms with Crippen LogP contribution in [-0.4, -0.2) is 38.7 Å². The molecule has 0 bridgehead atoms. The van der Waals surface area contributed by atoms with Gasteiger partial charge in [0.25, 0.3) is 5.91 Å². The molecule has 3 rings (SSSR count). The summed E-state index contributed by atoms with van der Waals surface area (Å²) in [7, 11) is 3.22. The average Bonchev–Trinajstić information content (AvgIpc) is 3.08. The minimum atomic E-state index is -0.585. The number of esters is 1. The summed E-state index contributed by atoms with van der Waals surface area (Å²) in [6, 6.07) is 7.16. The van der Waals surface area contributed by atoms with E-state index in [0.717, 1.165) is 16.7 Å². The van der Waals surface area contributed by atoms with Crippen molar-refractivity contribution >= 4 is 11.9 Å². The van der Waals surface area contributed by atoms with Crippen molar-refractivity contribution in [2.24, 2.45) is 7.05 Å². The second-order valence-corrected chi connectivity index (χ2v) is 7.27. The Bertz CT molecular complexity index is 1120. The fourth-order valence-electron chi connectivity index (χ4n) is 3.27. The molecule has 9 heteroatoms. The van der Waals surface area contributed by atoms with Gasteiger partial charge < -0.3 is 14.8 Å². The number of hydrogen-bond donors (Lipinski definition) is 1. The second kappa shape index (κ2) is 8.95. The second-order valence-electron chi connectivity index (χ2n) is 7.27. The summed E-state index contributed by atoms with van der Waals surface area (Å²) in [5, 5.41) is 7.26. The quantitative estimate of drug-likeness (QED) is 0.607. The van der Waals surface area contributed by atoms with Gasteiger partial charge in [0.05, 0.1) is 13.2 Å². The highest BCUT2D eigenvalue weighted by atomic mass is 16.6. The number of ether oxygens (including phenoxy) is 2. The highest BCUT2D eigenvalue weighted by molar-refractivity contribution is 5.96. The van der Waals surface area contributed by atoms with Gasteiger partial charge in [-0.05, 0) is 32.9 Å². The van der Waals surface area contributed by atoms with Crippen molar-refractivity contribution in [2.75, 3.05) is 7.11 Å². The van der Waals surface area contributed by atoms with E-state index in [-0.39, 0.29) is 17.2 Å². The third-order valence-electron chi connectivity index (χ3n) is 4.54. The van der Waals surface area contributed by atoms with Crippen molar-refractivity contribution in [1.82, 2.24) is 25.1 Å². The highest BCUT2D eigenvalue weighted by Crippen LogP contribution is 2.30. The number of carbonyl (C=O) groups is 2. The van der Waals surface area contributed by atoms with Gasteiger partial charge in [0.2, 0.25) is 5.75 Å². The van der Waals surface area contributed by atoms with E-state index in [9.17, 15) is 9.59 Å². The molecular formula is C22H25N5O4. The molecule has 31 heavy (non-hydrogen) atoms. The van der Waals surface area contributed by atoms with Crippen LogP contribution in [0.1, 0.15) is 47.3 Å². The Morgan fingerprint density at radius 2 is 1.84 bits per heavy atom. The molecular weight excluding hydrogens is 398 g/mol. The molecule has 0 saturated heterocycles. The molecule has 0 fully saturated rings. The molecule has 0 unspecified atom stereocenters. The van der Waals surface area contributed by atoms with Gasteiger partial charge in [-0.3, -0.25) is 9.59 Å². The summed E-state index contributed by atoms with van der Waals surface area (Å²) >= 11 is 0. The van der Waals surface area contributed by atoms with Gasteiger partial charge in [-0.25, -0.2) is 14.6 Å². The Hall–Kier alpha value is -3.75. The molecule has 0 radical (unpaired) electrons. The predicted octanol–water partition coefficient (Wildman–Crippen LogP) is 2.92. The Balaban J connectivity index is 1.87. The van der Waals surface area contributed by atoms with Crippen LogP contribution in [0.3, 0.4) is 0 Å². The van der Waals surface area contributed by atoms with Crippen LogP contribution in [0.4, 0.5) is 0 Å². The molecule has 0 aliphatic heterocycles. The smallest absolute Gasteiger partial charge is 0.308 e. The van der Waals surface area contributed by atoms with Crippen LogP contribution in [0.2, 0.25) is 0 Å². The molecule has 1 amide bonds. The maximum Gasteiger partial charge on any atom is 0.308 e. The fraction of sp³-hybridized carbons (Fsp3) is 0.318. The third kappa shape index (κ3) is 4.88. The fourth-order valence-corrected chi connectivity index (χ4v) is 3.27. The van der Waals surface area contributed by atoms with Gasteiger partial charge in [-0.2, -0.15) is 5.10 Å². The molecule has 2 heterocycles. The zero-order chi connectivity index (χ0) is 22.7. The molecule has 1 aromatic carbocycles. The summed E-state index contributed by atoms with van der Waals surface area (Å²) < 4.78 is 12.0. The van der Waals surface area contributed by atoms with Gasteiger partial charge >= 0.3 is 5.97 Å². The van der Waals surface area contributed by atoms with Crippen LogP contribution in [-0.2, 0) is 11.8 Å². The number of amides is 1. The summed E-state index contributed by atoms with van der Waals surface area (Å²) in [5.41, 5.74) is 3.14. The van der Waals surface area contributed by atoms with Crippen LogP contribution in [0.15, 0.2) is 30.5 Å². The third-order valence-corrected chi connectivity index (χ3v) is 4.54. The number of carbonyl (C=O) groups excluding carboxylic acids is 2. The molecule has 2 aromatic heterocycles. The summed E-state index contributed by atoms with van der Waals surface area (Å²) in [6.45, 7) is 7.06. The highest BCUT2D eigenvalue weighted by Gasteiger charge is 2.24. The lowest BCUT2D eigenvalue weighted by atomic mass is 10.1. The van der Waals surface area contributed by atoms with E-state index in [4.69, 9.17) is 9.47 Å². The number of methoxy groups -OCH3 is 1. The van der Waals surface area contributed by atoms with Crippen LogP contribution in [0.5, 0.6) is 11.5 Å². The van der Waals surface area contributed by atoms with Crippen molar-refractivity contribution in [2.45, 2.75) is 33.7 Å². The van der Waals surface area contributed by atoms with E-state index in [1.165, 1.54) is 26.3 Å². The van der Waals surface area contributed by atoms with Crippen molar-refractivity contribution in [3.63, 3.8) is 0 Å². The lowest BCUT2D eigenvalue weighted by molar-refractivity contribution is -0.132. The lowest BCUT2D eigenvalue weighted by Gasteiger charge is -2.14. The van der Waals surface area contributed by atoms with Crippen LogP contribution in [0.25, 0.3) is 11.4 Å². The van der Waals surface area contributed by atoms with Crippen molar-refractivity contribution in [3.05, 3.63) is 53.1 Å². The topological polar surface area (TPSA) is 108 Å². The Morgan fingerprint density at radius 3 is 2.45 bits per heavy atom. The molecule has 1 atom stereocenters. The maximum atomic E-state index is 12.9. The average molecular weight is 423 g/mol. The van der Waals surface area contributed by atoms with Crippen LogP contribution < -0.4 is 14.8 Å². The van der Waals surface area contributed by atoms with Crippen molar-refractivity contribution in [1.29, 1.82) is 0 Å². The molecule has 162 valence electrons. The Kier molecular flexibility index (Phi) is 6.33. The number of aryl methyl sites for hydroxylation is 3. The predicted molar refractivity (Wildman–Crippen MR) is 114 cm³/mol. The van der Waals surface area contributed by atoms with Crippen molar-refractivity contribution in [3.8, 4) is 22.9 Å². The van der Waals surface area contributed by atoms with E-state index in [0.29, 0.717) is 11.6 Å². The van der Waals surface area contributed by atoms with E-state index in [1.807, 2.05) is 26.0 Å². The van der Waals surface area contributed by atoms with Crippen LogP contribution >= 0.6 is 0 Å². The maximum absolute atomic E-state index is 12.9. The van der Waals surface area contributed by atoms with E-state index >= 15 is 0 Å². The molecule has 3 aromatic rings. The molecule has 0 saturated carbocycles. The van der Waals surface area contributed by atoms with Gasteiger partial charge in [-0.15, -0.1) is 0 Å². The minimum absolute atomic E-state index is 0.0351. The number of aromatic nitrogens is 4. The standard InChI is InChI=1S/C22H25N5O4/c1-12-9-13(2)11-16(10-12)21-25-20(26-27(21)5)14(3)24-22(29)18-19(31-15(4)28)17(30-6)7-8-23-18/h7-11,14H,1-6H3,(H,24,29)/t14-/m0/s1. The van der Waals surface area contributed by atoms with Gasteiger partial charge in [0.15, 0.2) is 23.1 Å². The van der Waals surface area contributed by atoms with E-state index in [1.54, 1.807) is 18.7 Å². The first-order valence-electron chi connectivity index (χ1n) is 9.71. The molecule has 0 spiro atoms. The Labute approximate surface area is 180 Å². The molecule has 0 aliphatic carbocycles. The lowest BCUT2D eigenvalue weighted by Crippen LogP contribution is -2.29. The zero-order valence-electron chi connectivity index (χ0n) is 18.4. The first-order valence-corrected chi connectivity index (χ1v) is 9.71. The number of nitrogens with one attached hydrogen (secondary N) is 1. The summed E-state index contributed by atoms with van der Waals surface area (Å²) in [6.07, 6.45) is 1.41.